The number of hydrogen-bond donors (Lipinski definition) is 2. The number of anilines is 1. The normalized spacial score (nSPS) is 12.1. The smallest absolute Gasteiger partial charge is 0.148 e. The molecule has 18 heavy (non-hydrogen) atoms. The molecule has 1 unspecified atom stereocenters. The summed E-state index contributed by atoms with van der Waals surface area (Å²) in [5, 5.41) is 17.0. The van der Waals surface area contributed by atoms with Gasteiger partial charge >= 0.3 is 0 Å². The van der Waals surface area contributed by atoms with Gasteiger partial charge in [0.2, 0.25) is 0 Å². The molecule has 5 heteroatoms. The fourth-order valence-electron chi connectivity index (χ4n) is 1.50. The van der Waals surface area contributed by atoms with Crippen LogP contribution in [0, 0.1) is 0 Å². The second kappa shape index (κ2) is 6.07. The molecule has 2 aromatic rings. The number of ether oxygens (including phenoxy) is 1. The standard InChI is InChI=1S/C13H17N3O2/c1-16-8-7-13(15-16)14-9-11(17)10-18-12-5-3-2-4-6-12/h2-8,11,17H,9-10H2,1H3,(H,14,15). The minimum absolute atomic E-state index is 0.254. The van der Waals surface area contributed by atoms with Crippen LogP contribution in [0.2, 0.25) is 0 Å². The van der Waals surface area contributed by atoms with Crippen LogP contribution in [0.5, 0.6) is 5.75 Å². The van der Waals surface area contributed by atoms with E-state index in [0.717, 1.165) is 11.6 Å². The molecule has 2 N–H and O–H groups in total. The van der Waals surface area contributed by atoms with E-state index in [0.29, 0.717) is 6.54 Å². The van der Waals surface area contributed by atoms with E-state index in [2.05, 4.69) is 10.4 Å². The molecule has 0 spiro atoms. The molecule has 0 amide bonds. The highest BCUT2D eigenvalue weighted by Crippen LogP contribution is 2.08. The first-order chi connectivity index (χ1) is 8.74. The van der Waals surface area contributed by atoms with Crippen LogP contribution in [0.15, 0.2) is 42.6 Å². The van der Waals surface area contributed by atoms with Crippen molar-refractivity contribution in [2.45, 2.75) is 6.10 Å². The monoisotopic (exact) mass is 247 g/mol. The molecule has 0 saturated heterocycles. The Kier molecular flexibility index (Phi) is 4.20. The van der Waals surface area contributed by atoms with Crippen molar-refractivity contribution in [2.75, 3.05) is 18.5 Å². The summed E-state index contributed by atoms with van der Waals surface area (Å²) in [7, 11) is 1.85. The number of hydrogen-bond acceptors (Lipinski definition) is 4. The molecule has 0 aliphatic carbocycles. The van der Waals surface area contributed by atoms with Crippen LogP contribution in [0.1, 0.15) is 0 Å². The van der Waals surface area contributed by atoms with Crippen molar-refractivity contribution in [1.29, 1.82) is 0 Å². The van der Waals surface area contributed by atoms with Gasteiger partial charge in [-0.15, -0.1) is 0 Å². The van der Waals surface area contributed by atoms with E-state index in [1.165, 1.54) is 0 Å². The molecular formula is C13H17N3O2. The van der Waals surface area contributed by atoms with Gasteiger partial charge in [-0.2, -0.15) is 5.10 Å². The third-order valence-electron chi connectivity index (χ3n) is 2.42. The Bertz CT molecular complexity index is 470. The van der Waals surface area contributed by atoms with Crippen molar-refractivity contribution in [2.24, 2.45) is 7.05 Å². The number of para-hydroxylation sites is 1. The Morgan fingerprint density at radius 2 is 2.11 bits per heavy atom. The first-order valence-electron chi connectivity index (χ1n) is 5.83. The Morgan fingerprint density at radius 1 is 1.33 bits per heavy atom. The average molecular weight is 247 g/mol. The quantitative estimate of drug-likeness (QED) is 0.807. The average Bonchev–Trinajstić information content (AvgIpc) is 2.81. The number of nitrogens with zero attached hydrogens (tertiary/aromatic N) is 2. The van der Waals surface area contributed by atoms with E-state index >= 15 is 0 Å². The lowest BCUT2D eigenvalue weighted by Gasteiger charge is -2.12. The van der Waals surface area contributed by atoms with Gasteiger partial charge in [0, 0.05) is 25.9 Å². The van der Waals surface area contributed by atoms with Gasteiger partial charge in [0.15, 0.2) is 0 Å². The van der Waals surface area contributed by atoms with Gasteiger partial charge in [-0.05, 0) is 12.1 Å². The second-order valence-corrected chi connectivity index (χ2v) is 4.03. The molecule has 1 atom stereocenters. The van der Waals surface area contributed by atoms with Gasteiger partial charge in [0.1, 0.15) is 24.3 Å². The van der Waals surface area contributed by atoms with Crippen LogP contribution >= 0.6 is 0 Å². The summed E-state index contributed by atoms with van der Waals surface area (Å²) in [5.41, 5.74) is 0. The molecule has 0 saturated carbocycles. The summed E-state index contributed by atoms with van der Waals surface area (Å²) in [6.07, 6.45) is 1.27. The maximum absolute atomic E-state index is 9.76. The predicted octanol–water partition coefficient (Wildman–Crippen LogP) is 1.27. The van der Waals surface area contributed by atoms with E-state index in [1.54, 1.807) is 4.68 Å². The lowest BCUT2D eigenvalue weighted by molar-refractivity contribution is 0.117. The second-order valence-electron chi connectivity index (χ2n) is 4.03. The first kappa shape index (κ1) is 12.4. The van der Waals surface area contributed by atoms with Crippen LogP contribution in [0.3, 0.4) is 0 Å². The zero-order valence-electron chi connectivity index (χ0n) is 10.3. The molecule has 1 aromatic heterocycles. The lowest BCUT2D eigenvalue weighted by Crippen LogP contribution is -2.26. The fourth-order valence-corrected chi connectivity index (χ4v) is 1.50. The van der Waals surface area contributed by atoms with Crippen molar-refractivity contribution in [3.05, 3.63) is 42.6 Å². The van der Waals surface area contributed by atoms with Gasteiger partial charge in [-0.25, -0.2) is 0 Å². The Morgan fingerprint density at radius 3 is 2.78 bits per heavy atom. The summed E-state index contributed by atoms with van der Waals surface area (Å²) in [4.78, 5) is 0. The number of aliphatic hydroxyl groups is 1. The van der Waals surface area contributed by atoms with Gasteiger partial charge in [0.05, 0.1) is 0 Å². The minimum Gasteiger partial charge on any atom is -0.491 e. The van der Waals surface area contributed by atoms with E-state index in [9.17, 15) is 5.11 Å². The van der Waals surface area contributed by atoms with Crippen molar-refractivity contribution >= 4 is 5.82 Å². The largest absolute Gasteiger partial charge is 0.491 e. The fraction of sp³-hybridized carbons (Fsp3) is 0.308. The number of rotatable bonds is 6. The Hall–Kier alpha value is -2.01. The zero-order valence-corrected chi connectivity index (χ0v) is 10.3. The van der Waals surface area contributed by atoms with E-state index in [1.807, 2.05) is 49.6 Å². The van der Waals surface area contributed by atoms with Crippen LogP contribution < -0.4 is 10.1 Å². The molecule has 0 fully saturated rings. The molecule has 0 aliphatic heterocycles. The van der Waals surface area contributed by atoms with Gasteiger partial charge in [-0.3, -0.25) is 4.68 Å². The summed E-state index contributed by atoms with van der Waals surface area (Å²) >= 11 is 0. The van der Waals surface area contributed by atoms with Gasteiger partial charge < -0.3 is 15.2 Å². The molecule has 0 aliphatic rings. The van der Waals surface area contributed by atoms with Crippen LogP contribution in [0.4, 0.5) is 5.82 Å². The number of nitrogens with one attached hydrogen (secondary N) is 1. The number of aliphatic hydroxyl groups excluding tert-OH is 1. The molecule has 2 rings (SSSR count). The van der Waals surface area contributed by atoms with Gasteiger partial charge in [0.25, 0.3) is 0 Å². The Balaban J connectivity index is 1.71. The molecule has 5 nitrogen and oxygen atoms in total. The highest BCUT2D eigenvalue weighted by Gasteiger charge is 2.05. The van der Waals surface area contributed by atoms with Crippen molar-refractivity contribution in [3.8, 4) is 5.75 Å². The van der Waals surface area contributed by atoms with Crippen molar-refractivity contribution < 1.29 is 9.84 Å². The topological polar surface area (TPSA) is 59.3 Å². The maximum atomic E-state index is 9.76. The maximum Gasteiger partial charge on any atom is 0.148 e. The molecular weight excluding hydrogens is 230 g/mol. The lowest BCUT2D eigenvalue weighted by atomic mass is 10.3. The van der Waals surface area contributed by atoms with E-state index in [-0.39, 0.29) is 6.61 Å². The van der Waals surface area contributed by atoms with Crippen LogP contribution in [-0.4, -0.2) is 34.1 Å². The molecule has 0 radical (unpaired) electrons. The summed E-state index contributed by atoms with van der Waals surface area (Å²) in [6, 6.07) is 11.3. The molecule has 96 valence electrons. The summed E-state index contributed by atoms with van der Waals surface area (Å²) < 4.78 is 7.15. The SMILES string of the molecule is Cn1ccc(NCC(O)COc2ccccc2)n1. The van der Waals surface area contributed by atoms with Crippen molar-refractivity contribution in [3.63, 3.8) is 0 Å². The molecule has 1 heterocycles. The number of benzene rings is 1. The van der Waals surface area contributed by atoms with Crippen LogP contribution in [-0.2, 0) is 7.05 Å². The predicted molar refractivity (Wildman–Crippen MR) is 69.6 cm³/mol. The third kappa shape index (κ3) is 3.78. The number of aryl methyl sites for hydroxylation is 1. The van der Waals surface area contributed by atoms with Crippen molar-refractivity contribution in [1.82, 2.24) is 9.78 Å². The highest BCUT2D eigenvalue weighted by molar-refractivity contribution is 5.32. The highest BCUT2D eigenvalue weighted by atomic mass is 16.5. The third-order valence-corrected chi connectivity index (χ3v) is 2.42. The van der Waals surface area contributed by atoms with Gasteiger partial charge in [-0.1, -0.05) is 18.2 Å². The van der Waals surface area contributed by atoms with E-state index in [4.69, 9.17) is 4.74 Å². The molecule has 0 bridgehead atoms. The number of aromatic nitrogens is 2. The Labute approximate surface area is 106 Å². The zero-order chi connectivity index (χ0) is 12.8. The van der Waals surface area contributed by atoms with E-state index < -0.39 is 6.10 Å². The summed E-state index contributed by atoms with van der Waals surface area (Å²) in [6.45, 7) is 0.660. The first-order valence-corrected chi connectivity index (χ1v) is 5.83. The summed E-state index contributed by atoms with van der Waals surface area (Å²) in [5.74, 6) is 1.51. The minimum atomic E-state index is -0.577. The van der Waals surface area contributed by atoms with Crippen LogP contribution in [0.25, 0.3) is 0 Å². The molecule has 1 aromatic carbocycles.